The van der Waals surface area contributed by atoms with Gasteiger partial charge in [-0.3, -0.25) is 0 Å². The van der Waals surface area contributed by atoms with Gasteiger partial charge in [0.15, 0.2) is 5.82 Å². The first-order chi connectivity index (χ1) is 25.8. The van der Waals surface area contributed by atoms with Crippen LogP contribution in [0.5, 0.6) is 0 Å². The summed E-state index contributed by atoms with van der Waals surface area (Å²) in [7, 11) is 0. The maximum Gasteiger partial charge on any atom is 0.160 e. The molecule has 2 aliphatic rings. The molecule has 8 aromatic carbocycles. The molecule has 1 spiro atoms. The van der Waals surface area contributed by atoms with E-state index in [0.717, 1.165) is 33.9 Å². The van der Waals surface area contributed by atoms with Crippen LogP contribution in [-0.2, 0) is 5.41 Å². The van der Waals surface area contributed by atoms with Crippen LogP contribution in [-0.4, -0.2) is 9.97 Å². The van der Waals surface area contributed by atoms with Gasteiger partial charge in [-0.1, -0.05) is 182 Å². The van der Waals surface area contributed by atoms with Crippen molar-refractivity contribution in [3.63, 3.8) is 0 Å². The molecule has 0 unspecified atom stereocenters. The average molecular weight is 679 g/mol. The van der Waals surface area contributed by atoms with Crippen molar-refractivity contribution >= 4 is 33.3 Å². The van der Waals surface area contributed by atoms with Gasteiger partial charge in [0.25, 0.3) is 0 Å². The summed E-state index contributed by atoms with van der Waals surface area (Å²) in [6, 6.07) is 66.0. The molecule has 11 rings (SSSR count). The van der Waals surface area contributed by atoms with Crippen molar-refractivity contribution in [3.05, 3.63) is 204 Å². The van der Waals surface area contributed by atoms with Crippen LogP contribution < -0.4 is 0 Å². The molecule has 0 radical (unpaired) electrons. The Bertz CT molecular complexity index is 2740. The van der Waals surface area contributed by atoms with Crippen molar-refractivity contribution < 1.29 is 0 Å². The van der Waals surface area contributed by atoms with Crippen molar-refractivity contribution in [2.45, 2.75) is 15.2 Å². The Labute approximate surface area is 306 Å². The molecule has 2 heterocycles. The van der Waals surface area contributed by atoms with Crippen LogP contribution in [0.3, 0.4) is 0 Å². The summed E-state index contributed by atoms with van der Waals surface area (Å²) >= 11 is 1.93. The number of hydrogen-bond acceptors (Lipinski definition) is 3. The third-order valence-corrected chi connectivity index (χ3v) is 12.2. The number of benzene rings is 8. The topological polar surface area (TPSA) is 25.8 Å². The molecule has 0 amide bonds. The Morgan fingerprint density at radius 2 is 0.885 bits per heavy atom. The van der Waals surface area contributed by atoms with Gasteiger partial charge in [0.2, 0.25) is 0 Å². The minimum Gasteiger partial charge on any atom is -0.228 e. The van der Waals surface area contributed by atoms with Gasteiger partial charge in [0.05, 0.1) is 16.8 Å². The molecule has 9 aromatic rings. The predicted octanol–water partition coefficient (Wildman–Crippen LogP) is 12.6. The lowest BCUT2D eigenvalue weighted by molar-refractivity contribution is 0.729. The number of fused-ring (bicyclic) bond motifs is 13. The van der Waals surface area contributed by atoms with Crippen molar-refractivity contribution in [2.24, 2.45) is 0 Å². The second-order valence-electron chi connectivity index (χ2n) is 13.7. The zero-order valence-electron chi connectivity index (χ0n) is 28.1. The fourth-order valence-corrected chi connectivity index (χ4v) is 10.1. The van der Waals surface area contributed by atoms with Crippen LogP contribution in [0.1, 0.15) is 22.3 Å². The molecule has 242 valence electrons. The standard InChI is InChI=1S/C49H30N2S/c1-3-15-33(16-4-1)44-30-45(34-17-5-2-6-18-34)51-48(50-44)35-23-26-39-38-21-11-12-22-40(38)49(43(39)29-35)41-27-24-31-13-7-9-19-36(31)46(41)52-47-37-20-10-8-14-32(37)25-28-42(47)49/h1-30H. The maximum atomic E-state index is 5.26. The van der Waals surface area contributed by atoms with Crippen molar-refractivity contribution in [3.8, 4) is 45.0 Å². The third kappa shape index (κ3) is 4.20. The van der Waals surface area contributed by atoms with E-state index in [-0.39, 0.29) is 0 Å². The monoisotopic (exact) mass is 678 g/mol. The summed E-state index contributed by atoms with van der Waals surface area (Å²) < 4.78 is 0. The molecule has 1 aliphatic heterocycles. The molecule has 0 bridgehead atoms. The summed E-state index contributed by atoms with van der Waals surface area (Å²) in [5.41, 5.74) is 12.2. The molecule has 0 saturated carbocycles. The summed E-state index contributed by atoms with van der Waals surface area (Å²) in [6.45, 7) is 0. The van der Waals surface area contributed by atoms with Crippen LogP contribution in [0.15, 0.2) is 192 Å². The second kappa shape index (κ2) is 11.4. The van der Waals surface area contributed by atoms with Crippen LogP contribution in [0.4, 0.5) is 0 Å². The van der Waals surface area contributed by atoms with Gasteiger partial charge < -0.3 is 0 Å². The Morgan fingerprint density at radius 1 is 0.365 bits per heavy atom. The molecule has 0 fully saturated rings. The molecule has 0 N–H and O–H groups in total. The van der Waals surface area contributed by atoms with E-state index in [1.807, 2.05) is 23.9 Å². The van der Waals surface area contributed by atoms with Gasteiger partial charge in [0.1, 0.15) is 0 Å². The molecular weight excluding hydrogens is 649 g/mol. The number of nitrogens with zero attached hydrogens (tertiary/aromatic N) is 2. The molecule has 3 heteroatoms. The van der Waals surface area contributed by atoms with Gasteiger partial charge >= 0.3 is 0 Å². The highest BCUT2D eigenvalue weighted by Crippen LogP contribution is 2.64. The highest BCUT2D eigenvalue weighted by Gasteiger charge is 2.51. The first-order valence-corrected chi connectivity index (χ1v) is 18.6. The van der Waals surface area contributed by atoms with Gasteiger partial charge in [-0.2, -0.15) is 0 Å². The fourth-order valence-electron chi connectivity index (χ4n) is 8.63. The van der Waals surface area contributed by atoms with Gasteiger partial charge in [0, 0.05) is 26.5 Å². The number of hydrogen-bond donors (Lipinski definition) is 0. The van der Waals surface area contributed by atoms with E-state index in [4.69, 9.17) is 9.97 Å². The second-order valence-corrected chi connectivity index (χ2v) is 14.7. The average Bonchev–Trinajstić information content (AvgIpc) is 3.51. The summed E-state index contributed by atoms with van der Waals surface area (Å²) in [5, 5.41) is 5.09. The molecule has 0 saturated heterocycles. The molecule has 1 aliphatic carbocycles. The SMILES string of the molecule is c1ccc(-c2cc(-c3ccccc3)nc(-c3ccc4c(c3)C3(c5ccccc5-4)c4ccc5ccccc5c4Sc4c3ccc3ccccc43)n2)cc1. The zero-order valence-corrected chi connectivity index (χ0v) is 28.9. The van der Waals surface area contributed by atoms with Crippen LogP contribution in [0, 0.1) is 0 Å². The fraction of sp³-hybridized carbons (Fsp3) is 0.0204. The highest BCUT2D eigenvalue weighted by atomic mass is 32.2. The molecule has 52 heavy (non-hydrogen) atoms. The largest absolute Gasteiger partial charge is 0.228 e. The van der Waals surface area contributed by atoms with Crippen molar-refractivity contribution in [2.75, 3.05) is 0 Å². The Morgan fingerprint density at radius 3 is 1.50 bits per heavy atom. The molecule has 1 aromatic heterocycles. The predicted molar refractivity (Wildman–Crippen MR) is 215 cm³/mol. The first-order valence-electron chi connectivity index (χ1n) is 17.7. The number of rotatable bonds is 3. The van der Waals surface area contributed by atoms with E-state index >= 15 is 0 Å². The van der Waals surface area contributed by atoms with Crippen molar-refractivity contribution in [1.29, 1.82) is 0 Å². The van der Waals surface area contributed by atoms with Gasteiger partial charge in [-0.15, -0.1) is 0 Å². The lowest BCUT2D eigenvalue weighted by Gasteiger charge is -2.40. The Hall–Kier alpha value is -6.29. The maximum absolute atomic E-state index is 5.26. The molecule has 2 nitrogen and oxygen atoms in total. The first kappa shape index (κ1) is 29.4. The van der Waals surface area contributed by atoms with Crippen LogP contribution in [0.25, 0.3) is 66.6 Å². The van der Waals surface area contributed by atoms with E-state index in [9.17, 15) is 0 Å². The van der Waals surface area contributed by atoms with E-state index in [1.165, 1.54) is 64.7 Å². The third-order valence-electron chi connectivity index (χ3n) is 10.9. The van der Waals surface area contributed by atoms with E-state index in [2.05, 4.69) is 170 Å². The lowest BCUT2D eigenvalue weighted by Crippen LogP contribution is -2.32. The minimum atomic E-state index is -0.536. The summed E-state index contributed by atoms with van der Waals surface area (Å²) in [5.74, 6) is 0.719. The smallest absolute Gasteiger partial charge is 0.160 e. The van der Waals surface area contributed by atoms with E-state index in [0.29, 0.717) is 0 Å². The summed E-state index contributed by atoms with van der Waals surface area (Å²) in [4.78, 5) is 13.2. The lowest BCUT2D eigenvalue weighted by atomic mass is 9.66. The molecular formula is C49H30N2S. The number of aromatic nitrogens is 2. The highest BCUT2D eigenvalue weighted by molar-refractivity contribution is 8.00. The normalized spacial score (nSPS) is 13.5. The summed E-state index contributed by atoms with van der Waals surface area (Å²) in [6.07, 6.45) is 0. The van der Waals surface area contributed by atoms with Crippen molar-refractivity contribution in [1.82, 2.24) is 9.97 Å². The van der Waals surface area contributed by atoms with Crippen LogP contribution >= 0.6 is 11.8 Å². The van der Waals surface area contributed by atoms with Crippen LogP contribution in [0.2, 0.25) is 0 Å². The Kier molecular flexibility index (Phi) is 6.43. The Balaban J connectivity index is 1.24. The van der Waals surface area contributed by atoms with E-state index < -0.39 is 5.41 Å². The van der Waals surface area contributed by atoms with E-state index in [1.54, 1.807) is 0 Å². The minimum absolute atomic E-state index is 0.536. The van der Waals surface area contributed by atoms with Gasteiger partial charge in [-0.05, 0) is 67.1 Å². The van der Waals surface area contributed by atoms with Gasteiger partial charge in [-0.25, -0.2) is 9.97 Å². The quantitative estimate of drug-likeness (QED) is 0.186. The molecule has 0 atom stereocenters. The zero-order chi connectivity index (χ0) is 34.2.